The maximum atomic E-state index is 2.49. The fraction of sp³-hybridized carbons (Fsp3) is 0.0909. The zero-order chi connectivity index (χ0) is 44.6. The molecule has 0 saturated heterocycles. The zero-order valence-electron chi connectivity index (χ0n) is 37.9. The quantitative estimate of drug-likeness (QED) is 0.157. The molecule has 67 heavy (non-hydrogen) atoms. The highest BCUT2D eigenvalue weighted by Crippen LogP contribution is 2.51. The van der Waals surface area contributed by atoms with E-state index in [1.54, 1.807) is 0 Å². The van der Waals surface area contributed by atoms with E-state index in [4.69, 9.17) is 0 Å². The first-order chi connectivity index (χ1) is 32.9. The van der Waals surface area contributed by atoms with Crippen molar-refractivity contribution in [2.45, 2.75) is 38.0 Å². The summed E-state index contributed by atoms with van der Waals surface area (Å²) in [4.78, 5) is 0. The summed E-state index contributed by atoms with van der Waals surface area (Å²) in [6.07, 6.45) is 1.97. The van der Waals surface area contributed by atoms with Crippen LogP contribution in [0.5, 0.6) is 0 Å². The molecule has 0 bridgehead atoms. The van der Waals surface area contributed by atoms with Crippen LogP contribution >= 0.6 is 0 Å². The molecule has 318 valence electrons. The molecule has 13 rings (SSSR count). The predicted molar refractivity (Wildman–Crippen MR) is 282 cm³/mol. The third-order valence-electron chi connectivity index (χ3n) is 15.1. The topological polar surface area (TPSA) is 4.93 Å². The Kier molecular flexibility index (Phi) is 9.15. The first-order valence-corrected chi connectivity index (χ1v) is 23.8. The molecule has 0 aliphatic heterocycles. The number of fused-ring (bicyclic) bond motifs is 9. The summed E-state index contributed by atoms with van der Waals surface area (Å²) in [7, 11) is 0. The van der Waals surface area contributed by atoms with Gasteiger partial charge in [0.1, 0.15) is 0 Å². The van der Waals surface area contributed by atoms with Gasteiger partial charge in [-0.15, -0.1) is 0 Å². The Morgan fingerprint density at radius 2 is 0.806 bits per heavy atom. The van der Waals surface area contributed by atoms with E-state index in [0.29, 0.717) is 5.92 Å². The molecule has 0 spiro atoms. The van der Waals surface area contributed by atoms with Crippen LogP contribution in [0.15, 0.2) is 231 Å². The molecule has 2 aliphatic carbocycles. The average Bonchev–Trinajstić information content (AvgIpc) is 3.75. The van der Waals surface area contributed by atoms with E-state index >= 15 is 0 Å². The van der Waals surface area contributed by atoms with Crippen LogP contribution in [0.3, 0.4) is 0 Å². The lowest BCUT2D eigenvalue weighted by Crippen LogP contribution is -2.14. The molecule has 10 aromatic carbocycles. The molecule has 1 heteroatoms. The van der Waals surface area contributed by atoms with Gasteiger partial charge in [0.25, 0.3) is 0 Å². The average molecular weight is 856 g/mol. The van der Waals surface area contributed by atoms with Gasteiger partial charge in [0.2, 0.25) is 0 Å². The second-order valence-electron chi connectivity index (χ2n) is 19.3. The van der Waals surface area contributed by atoms with Crippen LogP contribution in [0.25, 0.3) is 94.3 Å². The highest BCUT2D eigenvalue weighted by atomic mass is 15.0. The Hall–Kier alpha value is -8.00. The van der Waals surface area contributed by atoms with E-state index in [9.17, 15) is 0 Å². The predicted octanol–water partition coefficient (Wildman–Crippen LogP) is 17.3. The second-order valence-corrected chi connectivity index (χ2v) is 19.3. The number of nitrogens with zero attached hydrogens (tertiary/aromatic N) is 1. The molecule has 1 atom stereocenters. The van der Waals surface area contributed by atoms with E-state index in [0.717, 1.165) is 12.8 Å². The largest absolute Gasteiger partial charge is 0.309 e. The summed E-state index contributed by atoms with van der Waals surface area (Å²) in [5.74, 6) is 0.360. The number of hydrogen-bond donors (Lipinski definition) is 0. The lowest BCUT2D eigenvalue weighted by molar-refractivity contribution is 0.661. The van der Waals surface area contributed by atoms with E-state index in [1.165, 1.54) is 122 Å². The lowest BCUT2D eigenvalue weighted by atomic mass is 9.82. The van der Waals surface area contributed by atoms with Crippen molar-refractivity contribution in [3.8, 4) is 72.4 Å². The first kappa shape index (κ1) is 39.4. The Morgan fingerprint density at radius 1 is 0.343 bits per heavy atom. The maximum absolute atomic E-state index is 2.49. The zero-order valence-corrected chi connectivity index (χ0v) is 37.9. The smallest absolute Gasteiger partial charge is 0.0544 e. The van der Waals surface area contributed by atoms with Crippen LogP contribution in [0.2, 0.25) is 0 Å². The fourth-order valence-corrected chi connectivity index (χ4v) is 11.5. The molecule has 0 amide bonds. The summed E-state index contributed by atoms with van der Waals surface area (Å²) < 4.78 is 2.49. The second kappa shape index (κ2) is 15.6. The van der Waals surface area contributed by atoms with Crippen LogP contribution < -0.4 is 0 Å². The molecule has 11 aromatic rings. The minimum atomic E-state index is -0.104. The van der Waals surface area contributed by atoms with Crippen LogP contribution in [0, 0.1) is 0 Å². The highest BCUT2D eigenvalue weighted by molar-refractivity contribution is 6.13. The minimum Gasteiger partial charge on any atom is -0.309 e. The van der Waals surface area contributed by atoms with Gasteiger partial charge in [-0.1, -0.05) is 196 Å². The molecule has 0 N–H and O–H groups in total. The molecule has 0 radical (unpaired) electrons. The molecule has 0 fully saturated rings. The lowest BCUT2D eigenvalue weighted by Gasteiger charge is -2.21. The fourth-order valence-electron chi connectivity index (χ4n) is 11.5. The standard InChI is InChI=1S/C66H49N/c1-66(2)62-21-13-12-20-56(62)59-41-61-60-40-51(32-35-64(60)67(65(61)42-63(59)66)55-33-30-47(31-34-55)44-16-8-4-9-17-44)50-27-29-53-37-54(48-24-22-46(23-25-48)43-14-6-3-7-15-43)36-52-28-26-49(38-57(52)58(53)39-50)45-18-10-5-11-19-45/h3-35,38-42,54H,36-37H2,1-2H3. The van der Waals surface area contributed by atoms with Crippen molar-refractivity contribution in [3.05, 3.63) is 258 Å². The summed E-state index contributed by atoms with van der Waals surface area (Å²) in [5, 5.41) is 2.55. The van der Waals surface area contributed by atoms with Crippen molar-refractivity contribution >= 4 is 21.8 Å². The molecular formula is C66H49N. The SMILES string of the molecule is CC1(C)c2ccccc2-c2cc3c4cc(-c5ccc6c(c5)-c5cc(-c7ccccc7)ccc5CC(c5ccc(-c7ccccc7)cc5)C6)ccc4n(-c4ccc(-c5ccccc5)cc4)c3cc21. The third-order valence-corrected chi connectivity index (χ3v) is 15.1. The van der Waals surface area contributed by atoms with E-state index in [1.807, 2.05) is 0 Å². The Bertz CT molecular complexity index is 3670. The number of rotatable bonds is 6. The first-order valence-electron chi connectivity index (χ1n) is 23.8. The van der Waals surface area contributed by atoms with Crippen molar-refractivity contribution in [2.75, 3.05) is 0 Å². The van der Waals surface area contributed by atoms with Gasteiger partial charge < -0.3 is 4.57 Å². The van der Waals surface area contributed by atoms with Crippen molar-refractivity contribution in [1.82, 2.24) is 4.57 Å². The minimum absolute atomic E-state index is 0.104. The molecule has 2 aliphatic rings. The van der Waals surface area contributed by atoms with Gasteiger partial charge >= 0.3 is 0 Å². The van der Waals surface area contributed by atoms with E-state index in [2.05, 4.69) is 249 Å². The molecule has 0 saturated carbocycles. The van der Waals surface area contributed by atoms with Gasteiger partial charge in [-0.05, 0) is 162 Å². The monoisotopic (exact) mass is 855 g/mol. The van der Waals surface area contributed by atoms with E-state index < -0.39 is 0 Å². The third kappa shape index (κ3) is 6.60. The van der Waals surface area contributed by atoms with Gasteiger partial charge in [0.15, 0.2) is 0 Å². The van der Waals surface area contributed by atoms with Crippen molar-refractivity contribution in [1.29, 1.82) is 0 Å². The van der Waals surface area contributed by atoms with Crippen molar-refractivity contribution in [3.63, 3.8) is 0 Å². The number of benzene rings is 10. The van der Waals surface area contributed by atoms with Crippen LogP contribution in [-0.2, 0) is 18.3 Å². The molecule has 1 heterocycles. The number of aromatic nitrogens is 1. The molecule has 1 unspecified atom stereocenters. The van der Waals surface area contributed by atoms with E-state index in [-0.39, 0.29) is 5.41 Å². The van der Waals surface area contributed by atoms with Gasteiger partial charge in [-0.2, -0.15) is 0 Å². The summed E-state index contributed by atoms with van der Waals surface area (Å²) >= 11 is 0. The Labute approximate surface area is 393 Å². The van der Waals surface area contributed by atoms with Crippen LogP contribution in [0.1, 0.15) is 47.6 Å². The molecule has 1 aromatic heterocycles. The Morgan fingerprint density at radius 3 is 1.42 bits per heavy atom. The normalized spacial score (nSPS) is 14.6. The Balaban J connectivity index is 0.962. The van der Waals surface area contributed by atoms with Gasteiger partial charge in [0.05, 0.1) is 11.0 Å². The van der Waals surface area contributed by atoms with Crippen LogP contribution in [0.4, 0.5) is 0 Å². The van der Waals surface area contributed by atoms with Gasteiger partial charge in [-0.3, -0.25) is 0 Å². The van der Waals surface area contributed by atoms with Gasteiger partial charge in [-0.25, -0.2) is 0 Å². The summed E-state index contributed by atoms with van der Waals surface area (Å²) in [6, 6.07) is 86.3. The van der Waals surface area contributed by atoms with Crippen LogP contribution in [-0.4, -0.2) is 4.57 Å². The molecular weight excluding hydrogens is 807 g/mol. The molecule has 1 nitrogen and oxygen atoms in total. The summed E-state index contributed by atoms with van der Waals surface area (Å²) in [6.45, 7) is 4.76. The summed E-state index contributed by atoms with van der Waals surface area (Å²) in [5.41, 5.74) is 25.8. The van der Waals surface area contributed by atoms with Crippen molar-refractivity contribution < 1.29 is 0 Å². The highest BCUT2D eigenvalue weighted by Gasteiger charge is 2.36. The number of hydrogen-bond acceptors (Lipinski definition) is 0. The van der Waals surface area contributed by atoms with Crippen molar-refractivity contribution in [2.24, 2.45) is 0 Å². The maximum Gasteiger partial charge on any atom is 0.0544 e. The van der Waals surface area contributed by atoms with Gasteiger partial charge in [0, 0.05) is 21.9 Å².